The molecule has 30 heavy (non-hydrogen) atoms. The van der Waals surface area contributed by atoms with Crippen molar-refractivity contribution in [3.63, 3.8) is 0 Å². The van der Waals surface area contributed by atoms with Crippen LogP contribution in [0.4, 0.5) is 0 Å². The van der Waals surface area contributed by atoms with Crippen molar-refractivity contribution in [2.24, 2.45) is 17.2 Å². The van der Waals surface area contributed by atoms with Crippen molar-refractivity contribution in [1.82, 2.24) is 21.3 Å². The molecule has 4 atom stereocenters. The van der Waals surface area contributed by atoms with Gasteiger partial charge in [0.2, 0.25) is 23.6 Å². The topological polar surface area (TPSA) is 256 Å². The number of nitrogens with one attached hydrogen (secondary N) is 5. The molecule has 0 aromatic carbocycles. The van der Waals surface area contributed by atoms with Crippen LogP contribution in [0.5, 0.6) is 0 Å². The first kappa shape index (κ1) is 26.6. The molecule has 4 amide bonds. The molecular formula is C16H30N8O6. The van der Waals surface area contributed by atoms with E-state index in [4.69, 9.17) is 27.7 Å². The number of guanidine groups is 1. The Bertz CT molecular complexity index is 670. The molecule has 0 saturated heterocycles. The third-order valence-corrected chi connectivity index (χ3v) is 3.86. The predicted molar refractivity (Wildman–Crippen MR) is 106 cm³/mol. The second-order valence-electron chi connectivity index (χ2n) is 6.62. The Balaban J connectivity index is 4.84. The Hall–Kier alpha value is -3.42. The Morgan fingerprint density at radius 1 is 0.933 bits per heavy atom. The van der Waals surface area contributed by atoms with Gasteiger partial charge in [0.15, 0.2) is 5.96 Å². The van der Waals surface area contributed by atoms with Crippen molar-refractivity contribution < 1.29 is 29.1 Å². The molecule has 0 spiro atoms. The highest BCUT2D eigenvalue weighted by Crippen LogP contribution is 1.99. The molecule has 0 aliphatic rings. The third-order valence-electron chi connectivity index (χ3n) is 3.86. The lowest BCUT2D eigenvalue weighted by Crippen LogP contribution is -2.56. The minimum atomic E-state index is -1.37. The summed E-state index contributed by atoms with van der Waals surface area (Å²) in [7, 11) is 0. The standard InChI is InChI=1S/C16H30N8O6/c1-7(12(26)23-8(2)15(29)30)22-14(28)10(6-11(18)25)24-13(27)9(17)4-3-5-21-16(19)20/h7-10H,3-6,17H2,1-2H3,(H2,18,25)(H,22,28)(H,23,26)(H,24,27)(H,29,30)(H4,19,20,21)/t7-,8-,9-,10-/m0/s1. The number of hydrogen-bond acceptors (Lipinski definition) is 7. The number of rotatable bonds is 13. The average Bonchev–Trinajstić information content (AvgIpc) is 2.63. The zero-order valence-electron chi connectivity index (χ0n) is 16.9. The number of amides is 4. The van der Waals surface area contributed by atoms with Crippen molar-refractivity contribution in [3.8, 4) is 0 Å². The predicted octanol–water partition coefficient (Wildman–Crippen LogP) is -3.97. The normalized spacial score (nSPS) is 14.4. The van der Waals surface area contributed by atoms with Gasteiger partial charge in [-0.1, -0.05) is 0 Å². The van der Waals surface area contributed by atoms with Gasteiger partial charge in [0.05, 0.1) is 12.5 Å². The summed E-state index contributed by atoms with van der Waals surface area (Å²) in [4.78, 5) is 58.6. The fourth-order valence-electron chi connectivity index (χ4n) is 2.15. The van der Waals surface area contributed by atoms with E-state index in [9.17, 15) is 24.0 Å². The van der Waals surface area contributed by atoms with Crippen molar-refractivity contribution in [2.45, 2.75) is 57.3 Å². The van der Waals surface area contributed by atoms with Crippen LogP contribution < -0.4 is 38.5 Å². The van der Waals surface area contributed by atoms with E-state index in [0.29, 0.717) is 13.0 Å². The van der Waals surface area contributed by atoms with Crippen LogP contribution in [0.3, 0.4) is 0 Å². The van der Waals surface area contributed by atoms with Gasteiger partial charge >= 0.3 is 5.97 Å². The highest BCUT2D eigenvalue weighted by molar-refractivity contribution is 5.95. The Morgan fingerprint density at radius 2 is 1.50 bits per heavy atom. The van der Waals surface area contributed by atoms with Crippen LogP contribution in [-0.4, -0.2) is 71.4 Å². The van der Waals surface area contributed by atoms with Crippen molar-refractivity contribution >= 4 is 35.6 Å². The van der Waals surface area contributed by atoms with E-state index in [1.54, 1.807) is 0 Å². The van der Waals surface area contributed by atoms with Gasteiger partial charge in [0, 0.05) is 6.54 Å². The summed E-state index contributed by atoms with van der Waals surface area (Å²) in [5.74, 6) is -4.69. The molecule has 0 heterocycles. The third kappa shape index (κ3) is 10.8. The van der Waals surface area contributed by atoms with E-state index >= 15 is 0 Å². The number of carboxylic acid groups (broad SMARTS) is 1. The molecule has 12 N–H and O–H groups in total. The molecule has 14 heteroatoms. The number of nitrogens with two attached hydrogens (primary N) is 3. The maximum absolute atomic E-state index is 12.4. The fourth-order valence-corrected chi connectivity index (χ4v) is 2.15. The van der Waals surface area contributed by atoms with Crippen LogP contribution in [0, 0.1) is 5.41 Å². The second kappa shape index (κ2) is 12.9. The summed E-state index contributed by atoms with van der Waals surface area (Å²) in [5, 5.41) is 25.2. The lowest BCUT2D eigenvalue weighted by Gasteiger charge is -2.22. The molecular weight excluding hydrogens is 400 g/mol. The first-order valence-electron chi connectivity index (χ1n) is 9.10. The minimum absolute atomic E-state index is 0.211. The Morgan fingerprint density at radius 3 is 2.00 bits per heavy atom. The molecule has 0 fully saturated rings. The molecule has 0 aliphatic heterocycles. The van der Waals surface area contributed by atoms with E-state index in [1.165, 1.54) is 13.8 Å². The number of carbonyl (C=O) groups excluding carboxylic acids is 4. The first-order valence-corrected chi connectivity index (χ1v) is 9.10. The molecule has 0 radical (unpaired) electrons. The Labute approximate surface area is 173 Å². The van der Waals surface area contributed by atoms with Gasteiger partial charge in [-0.3, -0.25) is 29.4 Å². The van der Waals surface area contributed by atoms with E-state index in [2.05, 4.69) is 21.3 Å². The molecule has 0 aromatic heterocycles. The number of aliphatic carboxylic acids is 1. The highest BCUT2D eigenvalue weighted by atomic mass is 16.4. The molecule has 14 nitrogen and oxygen atoms in total. The zero-order valence-corrected chi connectivity index (χ0v) is 16.9. The van der Waals surface area contributed by atoms with Gasteiger partial charge in [-0.15, -0.1) is 0 Å². The van der Waals surface area contributed by atoms with Crippen molar-refractivity contribution in [3.05, 3.63) is 0 Å². The summed E-state index contributed by atoms with van der Waals surface area (Å²) in [5.41, 5.74) is 16.0. The van der Waals surface area contributed by atoms with E-state index in [0.717, 1.165) is 0 Å². The highest BCUT2D eigenvalue weighted by Gasteiger charge is 2.28. The van der Waals surface area contributed by atoms with Crippen molar-refractivity contribution in [2.75, 3.05) is 6.54 Å². The van der Waals surface area contributed by atoms with Crippen LogP contribution in [0.1, 0.15) is 33.1 Å². The SMILES string of the molecule is C[C@H](NC(=O)[C@H](C)NC(=O)[C@H](CC(N)=O)NC(=O)[C@@H](N)CCCNC(=N)N)C(=O)O. The van der Waals surface area contributed by atoms with Gasteiger partial charge in [-0.2, -0.15) is 0 Å². The summed E-state index contributed by atoms with van der Waals surface area (Å²) < 4.78 is 0. The molecule has 0 saturated carbocycles. The van der Waals surface area contributed by atoms with Crippen LogP contribution in [0.15, 0.2) is 0 Å². The van der Waals surface area contributed by atoms with Crippen LogP contribution >= 0.6 is 0 Å². The van der Waals surface area contributed by atoms with E-state index < -0.39 is 60.2 Å². The minimum Gasteiger partial charge on any atom is -0.480 e. The summed E-state index contributed by atoms with van der Waals surface area (Å²) >= 11 is 0. The van der Waals surface area contributed by atoms with E-state index in [1.807, 2.05) is 0 Å². The lowest BCUT2D eigenvalue weighted by molar-refractivity contribution is -0.141. The second-order valence-corrected chi connectivity index (χ2v) is 6.62. The van der Waals surface area contributed by atoms with Crippen LogP contribution in [0.25, 0.3) is 0 Å². The smallest absolute Gasteiger partial charge is 0.325 e. The van der Waals surface area contributed by atoms with Crippen molar-refractivity contribution in [1.29, 1.82) is 5.41 Å². The number of primary amides is 1. The van der Waals surface area contributed by atoms with Crippen LogP contribution in [-0.2, 0) is 24.0 Å². The molecule has 0 bridgehead atoms. The maximum atomic E-state index is 12.4. The van der Waals surface area contributed by atoms with Crippen LogP contribution in [0.2, 0.25) is 0 Å². The lowest BCUT2D eigenvalue weighted by atomic mass is 10.1. The monoisotopic (exact) mass is 430 g/mol. The Kier molecular flexibility index (Phi) is 11.5. The van der Waals surface area contributed by atoms with Gasteiger partial charge in [0.25, 0.3) is 0 Å². The van der Waals surface area contributed by atoms with Gasteiger partial charge in [0.1, 0.15) is 18.1 Å². The quantitative estimate of drug-likeness (QED) is 0.0783. The summed E-state index contributed by atoms with van der Waals surface area (Å²) in [6.45, 7) is 2.87. The summed E-state index contributed by atoms with van der Waals surface area (Å²) in [6, 6.07) is -4.69. The molecule has 0 aliphatic carbocycles. The average molecular weight is 430 g/mol. The van der Waals surface area contributed by atoms with Gasteiger partial charge in [-0.25, -0.2) is 0 Å². The first-order chi connectivity index (χ1) is 13.8. The largest absolute Gasteiger partial charge is 0.480 e. The number of carboxylic acids is 1. The fraction of sp³-hybridized carbons (Fsp3) is 0.625. The molecule has 0 rings (SSSR count). The molecule has 0 aromatic rings. The molecule has 0 unspecified atom stereocenters. The summed E-state index contributed by atoms with van der Waals surface area (Å²) in [6.07, 6.45) is 0.0960. The maximum Gasteiger partial charge on any atom is 0.325 e. The number of carbonyl (C=O) groups is 5. The van der Waals surface area contributed by atoms with E-state index in [-0.39, 0.29) is 12.4 Å². The van der Waals surface area contributed by atoms with Gasteiger partial charge in [-0.05, 0) is 26.7 Å². The zero-order chi connectivity index (χ0) is 23.4. The van der Waals surface area contributed by atoms with Gasteiger partial charge < -0.3 is 43.6 Å². The number of hydrogen-bond donors (Lipinski definition) is 9. The molecule has 170 valence electrons.